The van der Waals surface area contributed by atoms with E-state index >= 15 is 0 Å². The van der Waals surface area contributed by atoms with Crippen molar-refractivity contribution >= 4 is 45.1 Å². The second-order valence-corrected chi connectivity index (χ2v) is 8.49. The van der Waals surface area contributed by atoms with Crippen LogP contribution in [-0.2, 0) is 10.0 Å². The first-order chi connectivity index (χ1) is 16.7. The van der Waals surface area contributed by atoms with Crippen LogP contribution in [-0.4, -0.2) is 31.6 Å². The number of allylic oxidation sites excluding steroid dienone is 1. The van der Waals surface area contributed by atoms with Gasteiger partial charge in [0.15, 0.2) is 0 Å². The summed E-state index contributed by atoms with van der Waals surface area (Å²) >= 11 is 0. The molecule has 0 heterocycles. The van der Waals surface area contributed by atoms with Crippen LogP contribution in [0.4, 0.5) is 22.7 Å². The SMILES string of the molecule is COc1ccccc1NS(=O)(=O)c1ccc(N/N=C\C=C\c2ccccc2[N+](=O)[O-])c([N+](=O)[O-])c1. The maximum atomic E-state index is 12.8. The molecule has 3 rings (SSSR count). The number of rotatable bonds is 10. The molecule has 0 spiro atoms. The van der Waals surface area contributed by atoms with Gasteiger partial charge in [0.05, 0.1) is 33.1 Å². The van der Waals surface area contributed by atoms with Crippen LogP contribution in [0.5, 0.6) is 5.75 Å². The Kier molecular flexibility index (Phi) is 7.74. The van der Waals surface area contributed by atoms with E-state index < -0.39 is 25.6 Å². The molecular formula is C22H19N5O7S. The number of hydrazone groups is 1. The molecule has 0 bridgehead atoms. The van der Waals surface area contributed by atoms with Gasteiger partial charge in [-0.2, -0.15) is 5.10 Å². The van der Waals surface area contributed by atoms with Crippen LogP contribution < -0.4 is 14.9 Å². The fourth-order valence-corrected chi connectivity index (χ4v) is 4.04. The first-order valence-electron chi connectivity index (χ1n) is 9.86. The maximum absolute atomic E-state index is 12.8. The first-order valence-corrected chi connectivity index (χ1v) is 11.3. The van der Waals surface area contributed by atoms with Crippen molar-refractivity contribution < 1.29 is 23.0 Å². The highest BCUT2D eigenvalue weighted by Gasteiger charge is 2.22. The number of sulfonamides is 1. The lowest BCUT2D eigenvalue weighted by Crippen LogP contribution is -2.14. The Bertz CT molecular complexity index is 1420. The summed E-state index contributed by atoms with van der Waals surface area (Å²) in [6.45, 7) is 0. The van der Waals surface area contributed by atoms with Crippen LogP contribution in [0.25, 0.3) is 6.08 Å². The number of anilines is 2. The van der Waals surface area contributed by atoms with Crippen LogP contribution in [0.15, 0.2) is 82.8 Å². The highest BCUT2D eigenvalue weighted by Crippen LogP contribution is 2.30. The number of hydrogen-bond donors (Lipinski definition) is 2. The van der Waals surface area contributed by atoms with E-state index in [0.29, 0.717) is 5.56 Å². The molecule has 0 radical (unpaired) electrons. The largest absolute Gasteiger partial charge is 0.495 e. The Morgan fingerprint density at radius 1 is 0.914 bits per heavy atom. The van der Waals surface area contributed by atoms with Crippen LogP contribution in [0, 0.1) is 20.2 Å². The standard InChI is InChI=1S/C22H19N5O7S/c1-34-22-11-5-3-9-19(22)25-35(32,33)17-12-13-18(21(15-17)27(30)31)24-23-14-6-8-16-7-2-4-10-20(16)26(28)29/h2-15,24-25H,1H3/b8-6+,23-14-. The fraction of sp³-hybridized carbons (Fsp3) is 0.0455. The van der Waals surface area contributed by atoms with E-state index in [2.05, 4.69) is 15.2 Å². The van der Waals surface area contributed by atoms with Crippen molar-refractivity contribution in [2.75, 3.05) is 17.3 Å². The van der Waals surface area contributed by atoms with Crippen molar-refractivity contribution in [3.63, 3.8) is 0 Å². The Hall–Kier alpha value is -4.78. The zero-order valence-corrected chi connectivity index (χ0v) is 19.0. The zero-order chi connectivity index (χ0) is 25.4. The third-order valence-corrected chi connectivity index (χ3v) is 5.95. The minimum atomic E-state index is -4.16. The number of nitrogens with one attached hydrogen (secondary N) is 2. The summed E-state index contributed by atoms with van der Waals surface area (Å²) in [6.07, 6.45) is 4.11. The molecule has 0 unspecified atom stereocenters. The summed E-state index contributed by atoms with van der Waals surface area (Å²) in [4.78, 5) is 21.0. The molecule has 0 amide bonds. The van der Waals surface area contributed by atoms with Gasteiger partial charge in [-0.15, -0.1) is 0 Å². The predicted molar refractivity (Wildman–Crippen MR) is 131 cm³/mol. The van der Waals surface area contributed by atoms with Crippen molar-refractivity contribution in [1.29, 1.82) is 0 Å². The topological polar surface area (TPSA) is 166 Å². The second-order valence-electron chi connectivity index (χ2n) is 6.81. The van der Waals surface area contributed by atoms with Gasteiger partial charge < -0.3 is 4.74 Å². The average Bonchev–Trinajstić information content (AvgIpc) is 2.84. The van der Waals surface area contributed by atoms with E-state index in [9.17, 15) is 28.6 Å². The summed E-state index contributed by atoms with van der Waals surface area (Å²) in [5.41, 5.74) is 2.34. The smallest absolute Gasteiger partial charge is 0.295 e. The molecule has 0 aliphatic rings. The lowest BCUT2D eigenvalue weighted by Gasteiger charge is -2.12. The summed E-state index contributed by atoms with van der Waals surface area (Å²) in [5, 5.41) is 26.4. The van der Waals surface area contributed by atoms with Crippen LogP contribution in [0.3, 0.4) is 0 Å². The lowest BCUT2D eigenvalue weighted by molar-refractivity contribution is -0.385. The molecule has 13 heteroatoms. The molecule has 3 aromatic carbocycles. The molecule has 0 aromatic heterocycles. The van der Waals surface area contributed by atoms with Crippen molar-refractivity contribution in [3.05, 3.63) is 98.6 Å². The third-order valence-electron chi connectivity index (χ3n) is 4.58. The van der Waals surface area contributed by atoms with E-state index in [4.69, 9.17) is 4.74 Å². The van der Waals surface area contributed by atoms with Gasteiger partial charge >= 0.3 is 0 Å². The Labute approximate surface area is 199 Å². The molecule has 35 heavy (non-hydrogen) atoms. The third kappa shape index (κ3) is 6.17. The number of nitro groups is 2. The number of nitro benzene ring substituents is 2. The molecule has 12 nitrogen and oxygen atoms in total. The number of methoxy groups -OCH3 is 1. The van der Waals surface area contributed by atoms with Gasteiger partial charge in [0, 0.05) is 18.3 Å². The van der Waals surface area contributed by atoms with Crippen LogP contribution >= 0.6 is 0 Å². The van der Waals surface area contributed by atoms with Gasteiger partial charge in [0.2, 0.25) is 0 Å². The summed E-state index contributed by atoms with van der Waals surface area (Å²) in [6, 6.07) is 15.7. The second kappa shape index (κ2) is 10.9. The number of hydrogen-bond acceptors (Lipinski definition) is 9. The molecular weight excluding hydrogens is 478 g/mol. The summed E-state index contributed by atoms with van der Waals surface area (Å²) in [7, 11) is -2.77. The Balaban J connectivity index is 1.79. The zero-order valence-electron chi connectivity index (χ0n) is 18.2. The van der Waals surface area contributed by atoms with Crippen LogP contribution in [0.1, 0.15) is 5.56 Å². The molecule has 3 aromatic rings. The van der Waals surface area contributed by atoms with Crippen molar-refractivity contribution in [1.82, 2.24) is 0 Å². The van der Waals surface area contributed by atoms with Gasteiger partial charge in [0.1, 0.15) is 11.4 Å². The highest BCUT2D eigenvalue weighted by molar-refractivity contribution is 7.92. The molecule has 0 saturated carbocycles. The van der Waals surface area contributed by atoms with Crippen LogP contribution in [0.2, 0.25) is 0 Å². The van der Waals surface area contributed by atoms with E-state index in [0.717, 1.165) is 6.07 Å². The Morgan fingerprint density at radius 3 is 2.31 bits per heavy atom. The number of ether oxygens (including phenoxy) is 1. The predicted octanol–water partition coefficient (Wildman–Crippen LogP) is 4.42. The number of nitrogens with zero attached hydrogens (tertiary/aromatic N) is 3. The van der Waals surface area contributed by atoms with Crippen molar-refractivity contribution in [3.8, 4) is 5.75 Å². The molecule has 0 aliphatic heterocycles. The normalized spacial score (nSPS) is 11.5. The van der Waals surface area contributed by atoms with Crippen molar-refractivity contribution in [2.45, 2.75) is 4.90 Å². The van der Waals surface area contributed by atoms with E-state index in [1.165, 1.54) is 49.7 Å². The van der Waals surface area contributed by atoms with E-state index in [-0.39, 0.29) is 27.7 Å². The average molecular weight is 497 g/mol. The van der Waals surface area contributed by atoms with E-state index in [1.54, 1.807) is 36.4 Å². The van der Waals surface area contributed by atoms with E-state index in [1.807, 2.05) is 0 Å². The monoisotopic (exact) mass is 497 g/mol. The first kappa shape index (κ1) is 24.9. The molecule has 0 saturated heterocycles. The quantitative estimate of drug-likeness (QED) is 0.236. The van der Waals surface area contributed by atoms with Gasteiger partial charge in [-0.1, -0.05) is 24.3 Å². The lowest BCUT2D eigenvalue weighted by atomic mass is 10.2. The minimum Gasteiger partial charge on any atom is -0.495 e. The van der Waals surface area contributed by atoms with Gasteiger partial charge in [0.25, 0.3) is 21.4 Å². The summed E-state index contributed by atoms with van der Waals surface area (Å²) < 4.78 is 33.0. The highest BCUT2D eigenvalue weighted by atomic mass is 32.2. The molecule has 0 aliphatic carbocycles. The van der Waals surface area contributed by atoms with Crippen molar-refractivity contribution in [2.24, 2.45) is 5.10 Å². The molecule has 0 atom stereocenters. The molecule has 2 N–H and O–H groups in total. The molecule has 0 fully saturated rings. The Morgan fingerprint density at radius 2 is 1.60 bits per heavy atom. The van der Waals surface area contributed by atoms with Gasteiger partial charge in [-0.05, 0) is 42.5 Å². The summed E-state index contributed by atoms with van der Waals surface area (Å²) in [5.74, 6) is 0.284. The number of para-hydroxylation sites is 3. The van der Waals surface area contributed by atoms with Gasteiger partial charge in [-0.3, -0.25) is 30.4 Å². The molecule has 180 valence electrons. The van der Waals surface area contributed by atoms with Gasteiger partial charge in [-0.25, -0.2) is 8.42 Å². The minimum absolute atomic E-state index is 0.0541. The fourth-order valence-electron chi connectivity index (χ4n) is 2.95. The maximum Gasteiger partial charge on any atom is 0.295 e. The number of benzene rings is 3.